The van der Waals surface area contributed by atoms with Crippen LogP contribution in [0.1, 0.15) is 81.6 Å². The quantitative estimate of drug-likeness (QED) is 0.818. The molecule has 138 valence electrons. The molecule has 0 bridgehead atoms. The first-order valence-electron chi connectivity index (χ1n) is 10.5. The number of carbonyl (C=O) groups excluding carboxylic acids is 1. The third-order valence-electron chi connectivity index (χ3n) is 6.78. The van der Waals surface area contributed by atoms with Crippen LogP contribution in [-0.2, 0) is 11.3 Å². The number of aryl methyl sites for hydroxylation is 1. The monoisotopic (exact) mass is 343 g/mol. The lowest BCUT2D eigenvalue weighted by Gasteiger charge is -2.36. The highest BCUT2D eigenvalue weighted by atomic mass is 16.2. The molecule has 1 aromatic heterocycles. The van der Waals surface area contributed by atoms with E-state index in [-0.39, 0.29) is 0 Å². The molecule has 1 aromatic rings. The van der Waals surface area contributed by atoms with Gasteiger partial charge in [-0.25, -0.2) is 4.98 Å². The minimum Gasteiger partial charge on any atom is -0.342 e. The van der Waals surface area contributed by atoms with Crippen molar-refractivity contribution < 1.29 is 4.79 Å². The predicted octanol–water partition coefficient (Wildman–Crippen LogP) is 4.28. The lowest BCUT2D eigenvalue weighted by Crippen LogP contribution is -2.44. The second kappa shape index (κ2) is 7.51. The van der Waals surface area contributed by atoms with E-state index in [0.29, 0.717) is 23.7 Å². The van der Waals surface area contributed by atoms with Crippen molar-refractivity contribution in [2.45, 2.75) is 83.6 Å². The van der Waals surface area contributed by atoms with Gasteiger partial charge in [0.15, 0.2) is 0 Å². The number of piperidine rings is 1. The van der Waals surface area contributed by atoms with E-state index in [4.69, 9.17) is 4.98 Å². The molecule has 0 N–H and O–H groups in total. The summed E-state index contributed by atoms with van der Waals surface area (Å²) in [6.07, 6.45) is 14.4. The molecular weight excluding hydrogens is 310 g/mol. The van der Waals surface area contributed by atoms with Gasteiger partial charge < -0.3 is 9.47 Å². The number of hydrogen-bond acceptors (Lipinski definition) is 2. The van der Waals surface area contributed by atoms with Crippen molar-refractivity contribution in [2.75, 3.05) is 13.1 Å². The first kappa shape index (κ1) is 17.1. The summed E-state index contributed by atoms with van der Waals surface area (Å²) < 4.78 is 2.46. The fraction of sp³-hybridized carbons (Fsp3) is 0.810. The van der Waals surface area contributed by atoms with Gasteiger partial charge in [-0.2, -0.15) is 0 Å². The van der Waals surface area contributed by atoms with Crippen LogP contribution in [0.5, 0.6) is 0 Å². The maximum atomic E-state index is 12.9. The Kier molecular flexibility index (Phi) is 5.14. The fourth-order valence-electron chi connectivity index (χ4n) is 4.99. The zero-order valence-electron chi connectivity index (χ0n) is 15.8. The third kappa shape index (κ3) is 3.63. The molecule has 4 rings (SSSR count). The number of hydrogen-bond donors (Lipinski definition) is 0. The minimum atomic E-state index is 0.313. The number of amides is 1. The molecule has 1 atom stereocenters. The summed E-state index contributed by atoms with van der Waals surface area (Å²) in [5.41, 5.74) is 1.29. The average Bonchev–Trinajstić information content (AvgIpc) is 2.95. The smallest absolute Gasteiger partial charge is 0.225 e. The molecule has 2 saturated carbocycles. The maximum Gasteiger partial charge on any atom is 0.225 e. The van der Waals surface area contributed by atoms with Crippen molar-refractivity contribution in [3.8, 4) is 0 Å². The summed E-state index contributed by atoms with van der Waals surface area (Å²) in [6, 6.07) is 0. The van der Waals surface area contributed by atoms with E-state index >= 15 is 0 Å². The average molecular weight is 344 g/mol. The van der Waals surface area contributed by atoms with E-state index in [1.165, 1.54) is 56.5 Å². The van der Waals surface area contributed by atoms with Gasteiger partial charge in [0.1, 0.15) is 5.82 Å². The number of carbonyl (C=O) groups is 1. The van der Waals surface area contributed by atoms with Gasteiger partial charge in [-0.15, -0.1) is 0 Å². The van der Waals surface area contributed by atoms with Gasteiger partial charge in [0.05, 0.1) is 0 Å². The van der Waals surface area contributed by atoms with Crippen molar-refractivity contribution in [3.05, 3.63) is 17.7 Å². The minimum absolute atomic E-state index is 0.313. The zero-order valence-corrected chi connectivity index (χ0v) is 15.8. The van der Waals surface area contributed by atoms with Gasteiger partial charge in [-0.1, -0.05) is 25.7 Å². The van der Waals surface area contributed by atoms with Crippen LogP contribution in [-0.4, -0.2) is 33.4 Å². The Hall–Kier alpha value is -1.32. The van der Waals surface area contributed by atoms with Crippen LogP contribution < -0.4 is 0 Å². The Labute approximate surface area is 152 Å². The number of likely N-dealkylation sites (tertiary alicyclic amines) is 1. The van der Waals surface area contributed by atoms with Crippen molar-refractivity contribution in [2.24, 2.45) is 11.8 Å². The van der Waals surface area contributed by atoms with Gasteiger partial charge in [0, 0.05) is 43.4 Å². The second-order valence-corrected chi connectivity index (χ2v) is 8.62. The van der Waals surface area contributed by atoms with E-state index in [2.05, 4.69) is 16.4 Å². The predicted molar refractivity (Wildman–Crippen MR) is 99.4 cm³/mol. The molecule has 0 aromatic carbocycles. The van der Waals surface area contributed by atoms with E-state index < -0.39 is 0 Å². The molecule has 3 fully saturated rings. The Balaban J connectivity index is 1.40. The molecule has 1 amide bonds. The van der Waals surface area contributed by atoms with E-state index in [9.17, 15) is 4.79 Å². The molecular formula is C21H33N3O. The zero-order chi connectivity index (χ0) is 17.2. The van der Waals surface area contributed by atoms with Crippen molar-refractivity contribution in [1.82, 2.24) is 14.5 Å². The second-order valence-electron chi connectivity index (χ2n) is 8.62. The van der Waals surface area contributed by atoms with Crippen LogP contribution in [0.15, 0.2) is 6.20 Å². The summed E-state index contributed by atoms with van der Waals surface area (Å²) >= 11 is 0. The topological polar surface area (TPSA) is 38.1 Å². The van der Waals surface area contributed by atoms with E-state index in [1.54, 1.807) is 0 Å². The molecule has 4 nitrogen and oxygen atoms in total. The normalized spacial score (nSPS) is 25.8. The van der Waals surface area contributed by atoms with Crippen LogP contribution in [0.2, 0.25) is 0 Å². The van der Waals surface area contributed by atoms with Gasteiger partial charge in [-0.05, 0) is 51.4 Å². The standard InChI is InChI=1S/C21H33N3O/c1-16-13-22-20(18-10-5-11-18)24(16)15-17-7-6-12-23(14-17)21(25)19-8-3-2-4-9-19/h13,17-19H,2-12,14-15H2,1H3. The maximum absolute atomic E-state index is 12.9. The molecule has 1 aliphatic heterocycles. The summed E-state index contributed by atoms with van der Waals surface area (Å²) in [7, 11) is 0. The van der Waals surface area contributed by atoms with Gasteiger partial charge in [0.2, 0.25) is 5.91 Å². The molecule has 2 aliphatic carbocycles. The van der Waals surface area contributed by atoms with Crippen LogP contribution in [0.4, 0.5) is 0 Å². The number of nitrogens with zero attached hydrogens (tertiary/aromatic N) is 3. The van der Waals surface area contributed by atoms with E-state index in [0.717, 1.165) is 38.9 Å². The highest BCUT2D eigenvalue weighted by Crippen LogP contribution is 2.36. The number of rotatable bonds is 4. The summed E-state index contributed by atoms with van der Waals surface area (Å²) in [5, 5.41) is 0. The summed E-state index contributed by atoms with van der Waals surface area (Å²) in [4.78, 5) is 19.8. The molecule has 4 heteroatoms. The highest BCUT2D eigenvalue weighted by Gasteiger charge is 2.31. The van der Waals surface area contributed by atoms with E-state index in [1.807, 2.05) is 6.20 Å². The van der Waals surface area contributed by atoms with Gasteiger partial charge in [-0.3, -0.25) is 4.79 Å². The Morgan fingerprint density at radius 2 is 1.88 bits per heavy atom. The molecule has 1 saturated heterocycles. The highest BCUT2D eigenvalue weighted by molar-refractivity contribution is 5.79. The number of imidazole rings is 1. The molecule has 1 unspecified atom stereocenters. The van der Waals surface area contributed by atoms with Crippen LogP contribution in [0.25, 0.3) is 0 Å². The SMILES string of the molecule is Cc1cnc(C2CCC2)n1CC1CCCN(C(=O)C2CCCCC2)C1. The first-order chi connectivity index (χ1) is 12.2. The Morgan fingerprint density at radius 3 is 2.60 bits per heavy atom. The van der Waals surface area contributed by atoms with Crippen LogP contribution in [0, 0.1) is 18.8 Å². The lowest BCUT2D eigenvalue weighted by molar-refractivity contribution is -0.138. The Morgan fingerprint density at radius 1 is 1.08 bits per heavy atom. The third-order valence-corrected chi connectivity index (χ3v) is 6.78. The molecule has 2 heterocycles. The molecule has 3 aliphatic rings. The number of aromatic nitrogens is 2. The van der Waals surface area contributed by atoms with Gasteiger partial charge in [0.25, 0.3) is 0 Å². The van der Waals surface area contributed by atoms with Crippen molar-refractivity contribution >= 4 is 5.91 Å². The molecule has 0 spiro atoms. The first-order valence-corrected chi connectivity index (χ1v) is 10.5. The fourth-order valence-corrected chi connectivity index (χ4v) is 4.99. The van der Waals surface area contributed by atoms with Crippen LogP contribution in [0.3, 0.4) is 0 Å². The Bertz CT molecular complexity index is 598. The van der Waals surface area contributed by atoms with Crippen molar-refractivity contribution in [1.29, 1.82) is 0 Å². The molecule has 0 radical (unpaired) electrons. The van der Waals surface area contributed by atoms with Crippen molar-refractivity contribution in [3.63, 3.8) is 0 Å². The lowest BCUT2D eigenvalue weighted by atomic mass is 9.84. The molecule has 25 heavy (non-hydrogen) atoms. The van der Waals surface area contributed by atoms with Crippen LogP contribution >= 0.6 is 0 Å². The summed E-state index contributed by atoms with van der Waals surface area (Å²) in [6.45, 7) is 5.16. The largest absolute Gasteiger partial charge is 0.342 e. The summed E-state index contributed by atoms with van der Waals surface area (Å²) in [5.74, 6) is 3.34. The van der Waals surface area contributed by atoms with Gasteiger partial charge >= 0.3 is 0 Å².